The van der Waals surface area contributed by atoms with E-state index in [9.17, 15) is 0 Å². The van der Waals surface area contributed by atoms with Gasteiger partial charge in [-0.3, -0.25) is 0 Å². The maximum Gasteiger partial charge on any atom is 0.0468 e. The van der Waals surface area contributed by atoms with Gasteiger partial charge in [0.05, 0.1) is 0 Å². The first-order chi connectivity index (χ1) is 3.91. The maximum absolute atomic E-state index is 5.08. The van der Waals surface area contributed by atoms with Crippen LogP contribution in [-0.2, 0) is 4.74 Å². The van der Waals surface area contributed by atoms with Crippen molar-refractivity contribution in [2.75, 3.05) is 13.2 Å². The lowest BCUT2D eigenvalue weighted by Gasteiger charge is -1.96. The molecule has 0 amide bonds. The van der Waals surface area contributed by atoms with Gasteiger partial charge < -0.3 is 4.74 Å². The third-order valence-corrected chi connectivity index (χ3v) is 0.875. The Morgan fingerprint density at radius 1 is 1.62 bits per heavy atom. The summed E-state index contributed by atoms with van der Waals surface area (Å²) in [5.41, 5.74) is 0. The fourth-order valence-corrected chi connectivity index (χ4v) is 0.455. The van der Waals surface area contributed by atoms with Gasteiger partial charge in [0.25, 0.3) is 0 Å². The van der Waals surface area contributed by atoms with Crippen molar-refractivity contribution in [2.24, 2.45) is 0 Å². The predicted molar refractivity (Wildman–Crippen MR) is 35.4 cm³/mol. The van der Waals surface area contributed by atoms with E-state index in [1.54, 1.807) is 0 Å². The SMILES string of the molecule is [CH2]C[CH]CCOCC. The quantitative estimate of drug-likeness (QED) is 0.495. The number of ether oxygens (including phenoxy) is 1. The second kappa shape index (κ2) is 6.96. The first kappa shape index (κ1) is 7.96. The highest BCUT2D eigenvalue weighted by Crippen LogP contribution is 1.90. The van der Waals surface area contributed by atoms with Gasteiger partial charge in [-0.05, 0) is 19.8 Å². The predicted octanol–water partition coefficient (Wildman–Crippen LogP) is 1.84. The van der Waals surface area contributed by atoms with E-state index < -0.39 is 0 Å². The highest BCUT2D eigenvalue weighted by molar-refractivity contribution is 4.63. The molecular weight excluding hydrogens is 100 g/mol. The molecule has 0 bridgehead atoms. The van der Waals surface area contributed by atoms with E-state index in [0.29, 0.717) is 0 Å². The van der Waals surface area contributed by atoms with Gasteiger partial charge in [0.1, 0.15) is 0 Å². The molecule has 1 heteroatoms. The zero-order chi connectivity index (χ0) is 6.24. The molecule has 0 aliphatic heterocycles. The molecule has 0 aliphatic rings. The van der Waals surface area contributed by atoms with E-state index in [-0.39, 0.29) is 0 Å². The fourth-order valence-electron chi connectivity index (χ4n) is 0.455. The van der Waals surface area contributed by atoms with Gasteiger partial charge in [-0.25, -0.2) is 0 Å². The Balaban J connectivity index is 2.53. The van der Waals surface area contributed by atoms with Crippen molar-refractivity contribution >= 4 is 0 Å². The molecule has 0 spiro atoms. The van der Waals surface area contributed by atoms with E-state index in [4.69, 9.17) is 4.74 Å². The average Bonchev–Trinajstić information content (AvgIpc) is 1.81. The molecule has 48 valence electrons. The summed E-state index contributed by atoms with van der Waals surface area (Å²) in [4.78, 5) is 0. The highest BCUT2D eigenvalue weighted by Gasteiger charge is 1.82. The lowest BCUT2D eigenvalue weighted by molar-refractivity contribution is 0.150. The van der Waals surface area contributed by atoms with Crippen LogP contribution < -0.4 is 0 Å². The van der Waals surface area contributed by atoms with Crippen LogP contribution in [0.3, 0.4) is 0 Å². The Hall–Kier alpha value is -0.0400. The molecule has 0 saturated carbocycles. The van der Waals surface area contributed by atoms with Crippen LogP contribution in [0.1, 0.15) is 19.8 Å². The van der Waals surface area contributed by atoms with Crippen molar-refractivity contribution in [1.29, 1.82) is 0 Å². The lowest BCUT2D eigenvalue weighted by Crippen LogP contribution is -1.92. The summed E-state index contributed by atoms with van der Waals surface area (Å²) in [5, 5.41) is 0. The first-order valence-corrected chi connectivity index (χ1v) is 3.10. The molecule has 8 heavy (non-hydrogen) atoms. The molecule has 0 fully saturated rings. The summed E-state index contributed by atoms with van der Waals surface area (Å²) >= 11 is 0. The van der Waals surface area contributed by atoms with Gasteiger partial charge in [0.15, 0.2) is 0 Å². The minimum atomic E-state index is 0.824. The molecule has 0 saturated heterocycles. The monoisotopic (exact) mass is 114 g/mol. The fraction of sp³-hybridized carbons (Fsp3) is 0.714. The van der Waals surface area contributed by atoms with Crippen LogP contribution in [0.15, 0.2) is 0 Å². The van der Waals surface area contributed by atoms with Crippen LogP contribution in [0.2, 0.25) is 0 Å². The first-order valence-electron chi connectivity index (χ1n) is 3.10. The van der Waals surface area contributed by atoms with Gasteiger partial charge in [-0.15, -0.1) is 0 Å². The zero-order valence-corrected chi connectivity index (χ0v) is 5.52. The van der Waals surface area contributed by atoms with Crippen molar-refractivity contribution in [3.63, 3.8) is 0 Å². The summed E-state index contributed by atoms with van der Waals surface area (Å²) in [5.74, 6) is 0. The van der Waals surface area contributed by atoms with E-state index in [2.05, 4.69) is 13.3 Å². The maximum atomic E-state index is 5.08. The summed E-state index contributed by atoms with van der Waals surface area (Å²) in [7, 11) is 0. The van der Waals surface area contributed by atoms with E-state index in [1.807, 2.05) is 6.92 Å². The summed E-state index contributed by atoms with van der Waals surface area (Å²) < 4.78 is 5.08. The van der Waals surface area contributed by atoms with Crippen LogP contribution in [0.4, 0.5) is 0 Å². The molecule has 0 atom stereocenters. The molecule has 0 N–H and O–H groups in total. The molecule has 0 unspecified atom stereocenters. The molecule has 0 aliphatic carbocycles. The van der Waals surface area contributed by atoms with Crippen LogP contribution in [0.5, 0.6) is 0 Å². The Labute approximate surface area is 52.0 Å². The molecule has 1 nitrogen and oxygen atoms in total. The number of rotatable bonds is 5. The minimum absolute atomic E-state index is 0.824. The van der Waals surface area contributed by atoms with Crippen LogP contribution >= 0.6 is 0 Å². The van der Waals surface area contributed by atoms with Gasteiger partial charge >= 0.3 is 0 Å². The number of unbranched alkanes of at least 4 members (excludes halogenated alkanes) is 2. The van der Waals surface area contributed by atoms with Gasteiger partial charge in [-0.2, -0.15) is 0 Å². The molecule has 2 radical (unpaired) electrons. The summed E-state index contributed by atoms with van der Waals surface area (Å²) in [6.07, 6.45) is 4.07. The highest BCUT2D eigenvalue weighted by atomic mass is 16.5. The third-order valence-electron chi connectivity index (χ3n) is 0.875. The minimum Gasteiger partial charge on any atom is -0.382 e. The Morgan fingerprint density at radius 3 is 2.88 bits per heavy atom. The summed E-state index contributed by atoms with van der Waals surface area (Å²) in [6, 6.07) is 0. The van der Waals surface area contributed by atoms with Gasteiger partial charge in [0.2, 0.25) is 0 Å². The molecule has 0 aromatic heterocycles. The van der Waals surface area contributed by atoms with Crippen LogP contribution in [0, 0.1) is 13.3 Å². The standard InChI is InChI=1S/C7H14O/c1-3-5-6-7-8-4-2/h5H,1,3-4,6-7H2,2H3. The molecule has 0 aromatic carbocycles. The summed E-state index contributed by atoms with van der Waals surface area (Å²) in [6.45, 7) is 7.35. The van der Waals surface area contributed by atoms with Crippen molar-refractivity contribution in [2.45, 2.75) is 19.8 Å². The Morgan fingerprint density at radius 2 is 2.38 bits per heavy atom. The normalized spacial score (nSPS) is 9.75. The zero-order valence-electron chi connectivity index (χ0n) is 5.52. The molecule has 0 aromatic rings. The molecule has 0 rings (SSSR count). The van der Waals surface area contributed by atoms with Crippen molar-refractivity contribution in [3.05, 3.63) is 13.3 Å². The van der Waals surface area contributed by atoms with Gasteiger partial charge in [-0.1, -0.05) is 13.3 Å². The lowest BCUT2D eigenvalue weighted by atomic mass is 10.3. The molecular formula is C7H14O. The van der Waals surface area contributed by atoms with E-state index in [1.165, 1.54) is 0 Å². The van der Waals surface area contributed by atoms with Crippen molar-refractivity contribution in [1.82, 2.24) is 0 Å². The third kappa shape index (κ3) is 5.96. The van der Waals surface area contributed by atoms with Crippen molar-refractivity contribution < 1.29 is 4.74 Å². The second-order valence-electron chi connectivity index (χ2n) is 1.56. The number of hydrogen-bond acceptors (Lipinski definition) is 1. The smallest absolute Gasteiger partial charge is 0.0468 e. The Kier molecular flexibility index (Phi) is 6.93. The van der Waals surface area contributed by atoms with Crippen molar-refractivity contribution in [3.8, 4) is 0 Å². The molecule has 0 heterocycles. The second-order valence-corrected chi connectivity index (χ2v) is 1.56. The van der Waals surface area contributed by atoms with E-state index >= 15 is 0 Å². The average molecular weight is 114 g/mol. The topological polar surface area (TPSA) is 9.23 Å². The number of hydrogen-bond donors (Lipinski definition) is 0. The van der Waals surface area contributed by atoms with E-state index in [0.717, 1.165) is 26.1 Å². The largest absolute Gasteiger partial charge is 0.382 e. The van der Waals surface area contributed by atoms with Gasteiger partial charge in [0, 0.05) is 13.2 Å². The van der Waals surface area contributed by atoms with Crippen LogP contribution in [-0.4, -0.2) is 13.2 Å². The van der Waals surface area contributed by atoms with Crippen LogP contribution in [0.25, 0.3) is 0 Å². The Bertz CT molecular complexity index is 29.4.